The van der Waals surface area contributed by atoms with Crippen molar-refractivity contribution in [3.8, 4) is 0 Å². The van der Waals surface area contributed by atoms with Gasteiger partial charge in [0, 0.05) is 11.2 Å². The second-order valence-electron chi connectivity index (χ2n) is 4.09. The lowest BCUT2D eigenvalue weighted by atomic mass is 9.96. The van der Waals surface area contributed by atoms with Gasteiger partial charge >= 0.3 is 0 Å². The summed E-state index contributed by atoms with van der Waals surface area (Å²) in [5.74, 6) is 1.82. The second-order valence-corrected chi connectivity index (χ2v) is 5.10. The van der Waals surface area contributed by atoms with Gasteiger partial charge < -0.3 is 0 Å². The SMILES string of the molecule is C/C=C/CSc1nc(C(C)(C)C)n[nH]1. The number of nitrogens with zero attached hydrogens (tertiary/aromatic N) is 2. The molecule has 78 valence electrons. The first kappa shape index (κ1) is 11.3. The van der Waals surface area contributed by atoms with Crippen LogP contribution in [0.15, 0.2) is 17.3 Å². The number of aromatic amines is 1. The van der Waals surface area contributed by atoms with Gasteiger partial charge in [0.05, 0.1) is 0 Å². The molecule has 0 unspecified atom stereocenters. The molecule has 0 radical (unpaired) electrons. The molecule has 1 heterocycles. The average Bonchev–Trinajstić information content (AvgIpc) is 2.52. The Morgan fingerprint density at radius 1 is 1.43 bits per heavy atom. The number of thioether (sulfide) groups is 1. The molecule has 0 saturated carbocycles. The van der Waals surface area contributed by atoms with Crippen molar-refractivity contribution < 1.29 is 0 Å². The van der Waals surface area contributed by atoms with Gasteiger partial charge in [-0.3, -0.25) is 5.10 Å². The molecule has 0 aliphatic carbocycles. The van der Waals surface area contributed by atoms with Crippen LogP contribution in [0.25, 0.3) is 0 Å². The number of hydrogen-bond donors (Lipinski definition) is 1. The molecule has 0 saturated heterocycles. The summed E-state index contributed by atoms with van der Waals surface area (Å²) in [6, 6.07) is 0. The maximum absolute atomic E-state index is 4.42. The minimum absolute atomic E-state index is 0.0237. The van der Waals surface area contributed by atoms with Gasteiger partial charge in [0.15, 0.2) is 11.0 Å². The standard InChI is InChI=1S/C10H17N3S/c1-5-6-7-14-9-11-8(12-13-9)10(2,3)4/h5-6H,7H2,1-4H3,(H,11,12,13)/b6-5+. The fourth-order valence-electron chi connectivity index (χ4n) is 0.870. The minimum Gasteiger partial charge on any atom is -0.254 e. The molecule has 1 N–H and O–H groups in total. The highest BCUT2D eigenvalue weighted by molar-refractivity contribution is 7.99. The maximum Gasteiger partial charge on any atom is 0.184 e. The lowest BCUT2D eigenvalue weighted by molar-refractivity contribution is 0.547. The van der Waals surface area contributed by atoms with Crippen LogP contribution in [0.4, 0.5) is 0 Å². The van der Waals surface area contributed by atoms with Crippen LogP contribution in [0.5, 0.6) is 0 Å². The number of H-pyrrole nitrogens is 1. The Kier molecular flexibility index (Phi) is 3.75. The zero-order chi connectivity index (χ0) is 10.6. The van der Waals surface area contributed by atoms with E-state index in [4.69, 9.17) is 0 Å². The van der Waals surface area contributed by atoms with Gasteiger partial charge in [-0.05, 0) is 6.92 Å². The first-order chi connectivity index (χ1) is 6.54. The normalized spacial score (nSPS) is 12.6. The molecule has 0 aliphatic rings. The molecule has 0 aliphatic heterocycles. The molecule has 0 atom stereocenters. The molecule has 0 fully saturated rings. The zero-order valence-electron chi connectivity index (χ0n) is 9.16. The Balaban J connectivity index is 2.60. The van der Waals surface area contributed by atoms with E-state index in [1.165, 1.54) is 0 Å². The summed E-state index contributed by atoms with van der Waals surface area (Å²) in [5, 5.41) is 8.02. The van der Waals surface area contributed by atoms with Crippen molar-refractivity contribution in [3.05, 3.63) is 18.0 Å². The van der Waals surface area contributed by atoms with Crippen LogP contribution < -0.4 is 0 Å². The summed E-state index contributed by atoms with van der Waals surface area (Å²) in [6.45, 7) is 8.34. The molecule has 0 spiro atoms. The first-order valence-electron chi connectivity index (χ1n) is 4.71. The van der Waals surface area contributed by atoms with E-state index < -0.39 is 0 Å². The predicted octanol–water partition coefficient (Wildman–Crippen LogP) is 2.77. The van der Waals surface area contributed by atoms with E-state index in [-0.39, 0.29) is 5.41 Å². The molecule has 4 heteroatoms. The Labute approximate surface area is 89.4 Å². The molecule has 3 nitrogen and oxygen atoms in total. The molecule has 14 heavy (non-hydrogen) atoms. The third kappa shape index (κ3) is 3.18. The molecule has 1 aromatic heterocycles. The molecular weight excluding hydrogens is 194 g/mol. The first-order valence-corrected chi connectivity index (χ1v) is 5.69. The van der Waals surface area contributed by atoms with Crippen LogP contribution in [-0.4, -0.2) is 20.9 Å². The Morgan fingerprint density at radius 3 is 2.64 bits per heavy atom. The fraction of sp³-hybridized carbons (Fsp3) is 0.600. The zero-order valence-corrected chi connectivity index (χ0v) is 9.98. The third-order valence-electron chi connectivity index (χ3n) is 1.69. The van der Waals surface area contributed by atoms with Crippen molar-refractivity contribution in [2.75, 3.05) is 5.75 Å². The van der Waals surface area contributed by atoms with Crippen LogP contribution in [0.3, 0.4) is 0 Å². The summed E-state index contributed by atoms with van der Waals surface area (Å²) in [6.07, 6.45) is 4.14. The molecule has 1 aromatic rings. The average molecular weight is 211 g/mol. The third-order valence-corrected chi connectivity index (χ3v) is 2.50. The van der Waals surface area contributed by atoms with Gasteiger partial charge in [0.1, 0.15) is 0 Å². The quantitative estimate of drug-likeness (QED) is 0.617. The van der Waals surface area contributed by atoms with E-state index >= 15 is 0 Å². The van der Waals surface area contributed by atoms with E-state index in [0.717, 1.165) is 16.7 Å². The van der Waals surface area contributed by atoms with Gasteiger partial charge in [-0.1, -0.05) is 44.7 Å². The maximum atomic E-state index is 4.42. The molecule has 0 amide bonds. The van der Waals surface area contributed by atoms with E-state index in [9.17, 15) is 0 Å². The van der Waals surface area contributed by atoms with E-state index in [1.54, 1.807) is 11.8 Å². The molecule has 0 aromatic carbocycles. The summed E-state index contributed by atoms with van der Waals surface area (Å²) in [4.78, 5) is 4.42. The summed E-state index contributed by atoms with van der Waals surface area (Å²) < 4.78 is 0. The van der Waals surface area contributed by atoms with Crippen molar-refractivity contribution in [1.82, 2.24) is 15.2 Å². The van der Waals surface area contributed by atoms with E-state index in [0.29, 0.717) is 0 Å². The highest BCUT2D eigenvalue weighted by Gasteiger charge is 2.18. The minimum atomic E-state index is 0.0237. The van der Waals surface area contributed by atoms with Gasteiger partial charge in [-0.15, -0.1) is 0 Å². The Morgan fingerprint density at radius 2 is 2.14 bits per heavy atom. The topological polar surface area (TPSA) is 41.6 Å². The largest absolute Gasteiger partial charge is 0.254 e. The lowest BCUT2D eigenvalue weighted by Crippen LogP contribution is -2.13. The summed E-state index contributed by atoms with van der Waals surface area (Å²) >= 11 is 1.67. The molecular formula is C10H17N3S. The highest BCUT2D eigenvalue weighted by Crippen LogP contribution is 2.20. The Hall–Kier alpha value is -0.770. The number of allylic oxidation sites excluding steroid dienone is 1. The smallest absolute Gasteiger partial charge is 0.184 e. The van der Waals surface area contributed by atoms with Crippen molar-refractivity contribution in [2.24, 2.45) is 0 Å². The van der Waals surface area contributed by atoms with E-state index in [1.807, 2.05) is 13.0 Å². The van der Waals surface area contributed by atoms with Gasteiger partial charge in [0.25, 0.3) is 0 Å². The summed E-state index contributed by atoms with van der Waals surface area (Å²) in [5.41, 5.74) is 0.0237. The molecule has 1 rings (SSSR count). The van der Waals surface area contributed by atoms with Crippen LogP contribution in [0.1, 0.15) is 33.5 Å². The molecule has 0 bridgehead atoms. The number of aromatic nitrogens is 3. The lowest BCUT2D eigenvalue weighted by Gasteiger charge is -2.11. The van der Waals surface area contributed by atoms with Crippen LogP contribution >= 0.6 is 11.8 Å². The van der Waals surface area contributed by atoms with Gasteiger partial charge in [0.2, 0.25) is 0 Å². The van der Waals surface area contributed by atoms with Crippen LogP contribution in [0, 0.1) is 0 Å². The number of nitrogens with one attached hydrogen (secondary N) is 1. The van der Waals surface area contributed by atoms with Crippen molar-refractivity contribution >= 4 is 11.8 Å². The summed E-state index contributed by atoms with van der Waals surface area (Å²) in [7, 11) is 0. The van der Waals surface area contributed by atoms with Crippen molar-refractivity contribution in [3.63, 3.8) is 0 Å². The fourth-order valence-corrected chi connectivity index (χ4v) is 1.58. The Bertz CT molecular complexity index is 309. The number of rotatable bonds is 3. The van der Waals surface area contributed by atoms with Crippen LogP contribution in [-0.2, 0) is 5.41 Å². The van der Waals surface area contributed by atoms with Crippen molar-refractivity contribution in [2.45, 2.75) is 38.3 Å². The van der Waals surface area contributed by atoms with Crippen LogP contribution in [0.2, 0.25) is 0 Å². The van der Waals surface area contributed by atoms with Crippen molar-refractivity contribution in [1.29, 1.82) is 0 Å². The second kappa shape index (κ2) is 4.64. The van der Waals surface area contributed by atoms with Gasteiger partial charge in [-0.2, -0.15) is 5.10 Å². The monoisotopic (exact) mass is 211 g/mol. The van der Waals surface area contributed by atoms with E-state index in [2.05, 4.69) is 42.0 Å². The van der Waals surface area contributed by atoms with Gasteiger partial charge in [-0.25, -0.2) is 4.98 Å². The number of hydrogen-bond acceptors (Lipinski definition) is 3. The highest BCUT2D eigenvalue weighted by atomic mass is 32.2. The predicted molar refractivity (Wildman–Crippen MR) is 60.6 cm³/mol.